The van der Waals surface area contributed by atoms with Gasteiger partial charge in [-0.2, -0.15) is 5.10 Å². The lowest BCUT2D eigenvalue weighted by Gasteiger charge is -2.12. The van der Waals surface area contributed by atoms with Crippen LogP contribution in [0.25, 0.3) is 0 Å². The predicted molar refractivity (Wildman–Crippen MR) is 117 cm³/mol. The number of sulfonamides is 1. The van der Waals surface area contributed by atoms with Crippen molar-refractivity contribution in [2.45, 2.75) is 13.5 Å². The van der Waals surface area contributed by atoms with Crippen LogP contribution in [0.3, 0.4) is 0 Å². The van der Waals surface area contributed by atoms with E-state index in [1.807, 2.05) is 30.3 Å². The van der Waals surface area contributed by atoms with Crippen molar-refractivity contribution in [1.29, 1.82) is 0 Å². The van der Waals surface area contributed by atoms with Gasteiger partial charge < -0.3 is 10.1 Å². The fraction of sp³-hybridized carbons (Fsp3) is 0.200. The van der Waals surface area contributed by atoms with E-state index in [0.717, 1.165) is 11.8 Å². The standard InChI is InChI=1S/C20H21ClN4O4S/c1-13-18(19(21)25(23-13)12-14-7-5-4-6-8-14)20(26)22-15-9-10-16(17(11-15)29-2)24-30(3,27)28/h4-11,24H,12H2,1-3H3,(H,22,26). The number of hydrogen-bond acceptors (Lipinski definition) is 5. The van der Waals surface area contributed by atoms with Gasteiger partial charge in [0.1, 0.15) is 10.9 Å². The van der Waals surface area contributed by atoms with Crippen LogP contribution in [-0.2, 0) is 16.6 Å². The third-order valence-corrected chi connectivity index (χ3v) is 5.20. The van der Waals surface area contributed by atoms with Gasteiger partial charge in [0.05, 0.1) is 36.9 Å². The van der Waals surface area contributed by atoms with Gasteiger partial charge in [0.15, 0.2) is 0 Å². The minimum atomic E-state index is -3.47. The van der Waals surface area contributed by atoms with Crippen LogP contribution in [0.4, 0.5) is 11.4 Å². The van der Waals surface area contributed by atoms with E-state index in [1.54, 1.807) is 17.7 Å². The number of nitrogens with one attached hydrogen (secondary N) is 2. The van der Waals surface area contributed by atoms with Gasteiger partial charge in [0.2, 0.25) is 10.0 Å². The number of carbonyl (C=O) groups excluding carboxylic acids is 1. The number of amides is 1. The van der Waals surface area contributed by atoms with Crippen molar-refractivity contribution in [1.82, 2.24) is 9.78 Å². The van der Waals surface area contributed by atoms with Gasteiger partial charge in [-0.3, -0.25) is 9.52 Å². The summed E-state index contributed by atoms with van der Waals surface area (Å²) in [6, 6.07) is 14.2. The Balaban J connectivity index is 1.82. The first-order valence-corrected chi connectivity index (χ1v) is 11.2. The van der Waals surface area contributed by atoms with Crippen LogP contribution in [-0.4, -0.2) is 37.5 Å². The summed E-state index contributed by atoms with van der Waals surface area (Å²) >= 11 is 6.44. The van der Waals surface area contributed by atoms with Crippen molar-refractivity contribution >= 4 is 38.9 Å². The molecule has 0 saturated heterocycles. The lowest BCUT2D eigenvalue weighted by Crippen LogP contribution is -2.14. The number of carbonyl (C=O) groups is 1. The summed E-state index contributed by atoms with van der Waals surface area (Å²) in [7, 11) is -2.06. The molecule has 0 aliphatic rings. The number of aromatic nitrogens is 2. The second kappa shape index (κ2) is 8.76. The third-order valence-electron chi connectivity index (χ3n) is 4.22. The van der Waals surface area contributed by atoms with Gasteiger partial charge in [-0.1, -0.05) is 41.9 Å². The van der Waals surface area contributed by atoms with E-state index in [9.17, 15) is 13.2 Å². The van der Waals surface area contributed by atoms with Gasteiger partial charge in [0.25, 0.3) is 5.91 Å². The number of methoxy groups -OCH3 is 1. The highest BCUT2D eigenvalue weighted by molar-refractivity contribution is 7.92. The van der Waals surface area contributed by atoms with Crippen molar-refractivity contribution < 1.29 is 17.9 Å². The maximum absolute atomic E-state index is 12.8. The number of rotatable bonds is 7. The number of ether oxygens (including phenoxy) is 1. The van der Waals surface area contributed by atoms with Crippen molar-refractivity contribution in [3.05, 3.63) is 70.5 Å². The molecule has 2 N–H and O–H groups in total. The SMILES string of the molecule is COc1cc(NC(=O)c2c(C)nn(Cc3ccccc3)c2Cl)ccc1NS(C)(=O)=O. The Morgan fingerprint density at radius 1 is 1.20 bits per heavy atom. The van der Waals surface area contributed by atoms with Gasteiger partial charge in [-0.05, 0) is 24.6 Å². The minimum Gasteiger partial charge on any atom is -0.494 e. The van der Waals surface area contributed by atoms with Crippen LogP contribution >= 0.6 is 11.6 Å². The fourth-order valence-electron chi connectivity index (χ4n) is 2.92. The molecule has 0 unspecified atom stereocenters. The molecule has 158 valence electrons. The number of nitrogens with zero attached hydrogens (tertiary/aromatic N) is 2. The number of benzene rings is 2. The molecule has 0 bridgehead atoms. The molecule has 0 fully saturated rings. The molecule has 1 amide bonds. The number of hydrogen-bond donors (Lipinski definition) is 2. The lowest BCUT2D eigenvalue weighted by atomic mass is 10.2. The Morgan fingerprint density at radius 3 is 2.53 bits per heavy atom. The van der Waals surface area contributed by atoms with E-state index in [4.69, 9.17) is 16.3 Å². The Labute approximate surface area is 179 Å². The quantitative estimate of drug-likeness (QED) is 0.575. The second-order valence-corrected chi connectivity index (χ2v) is 8.74. The van der Waals surface area contributed by atoms with Crippen LogP contribution in [0.1, 0.15) is 21.6 Å². The molecule has 0 radical (unpaired) electrons. The summed E-state index contributed by atoms with van der Waals surface area (Å²) in [5, 5.41) is 7.36. The summed E-state index contributed by atoms with van der Waals surface area (Å²) in [5.74, 6) is -0.163. The zero-order chi connectivity index (χ0) is 21.9. The van der Waals surface area contributed by atoms with Gasteiger partial charge in [-0.25, -0.2) is 13.1 Å². The summed E-state index contributed by atoms with van der Waals surface area (Å²) in [6.07, 6.45) is 1.04. The summed E-state index contributed by atoms with van der Waals surface area (Å²) < 4.78 is 32.1. The molecule has 1 aromatic heterocycles. The Morgan fingerprint density at radius 2 is 1.90 bits per heavy atom. The molecule has 0 spiro atoms. The first-order valence-electron chi connectivity index (χ1n) is 8.92. The molecule has 3 rings (SSSR count). The number of anilines is 2. The molecule has 2 aromatic carbocycles. The van der Waals surface area contributed by atoms with Gasteiger partial charge in [-0.15, -0.1) is 0 Å². The molecule has 30 heavy (non-hydrogen) atoms. The van der Waals surface area contributed by atoms with Crippen molar-refractivity contribution in [2.75, 3.05) is 23.4 Å². The summed E-state index contributed by atoms with van der Waals surface area (Å²) in [6.45, 7) is 2.15. The molecule has 0 aliphatic carbocycles. The highest BCUT2D eigenvalue weighted by atomic mass is 35.5. The van der Waals surface area contributed by atoms with E-state index in [0.29, 0.717) is 17.9 Å². The van der Waals surface area contributed by atoms with Crippen molar-refractivity contribution in [2.24, 2.45) is 0 Å². The Hall–Kier alpha value is -3.04. The monoisotopic (exact) mass is 448 g/mol. The van der Waals surface area contributed by atoms with Crippen LogP contribution in [0, 0.1) is 6.92 Å². The Bertz CT molecular complexity index is 1180. The highest BCUT2D eigenvalue weighted by Gasteiger charge is 2.21. The summed E-state index contributed by atoms with van der Waals surface area (Å²) in [5.41, 5.74) is 2.46. The smallest absolute Gasteiger partial charge is 0.260 e. The first-order chi connectivity index (χ1) is 14.2. The zero-order valence-electron chi connectivity index (χ0n) is 16.6. The fourth-order valence-corrected chi connectivity index (χ4v) is 3.81. The summed E-state index contributed by atoms with van der Waals surface area (Å²) in [4.78, 5) is 12.8. The van der Waals surface area contributed by atoms with Crippen LogP contribution in [0.5, 0.6) is 5.75 Å². The number of halogens is 1. The highest BCUT2D eigenvalue weighted by Crippen LogP contribution is 2.29. The average molecular weight is 449 g/mol. The second-order valence-electron chi connectivity index (χ2n) is 6.64. The first kappa shape index (κ1) is 21.7. The topological polar surface area (TPSA) is 102 Å². The average Bonchev–Trinajstić information content (AvgIpc) is 2.96. The largest absolute Gasteiger partial charge is 0.494 e. The molecule has 8 nitrogen and oxygen atoms in total. The zero-order valence-corrected chi connectivity index (χ0v) is 18.2. The van der Waals surface area contributed by atoms with Crippen LogP contribution < -0.4 is 14.8 Å². The molecule has 0 aliphatic heterocycles. The number of aryl methyl sites for hydroxylation is 1. The van der Waals surface area contributed by atoms with E-state index < -0.39 is 15.9 Å². The van der Waals surface area contributed by atoms with Gasteiger partial charge >= 0.3 is 0 Å². The molecule has 0 saturated carbocycles. The third kappa shape index (κ3) is 5.11. The van der Waals surface area contributed by atoms with Crippen molar-refractivity contribution in [3.63, 3.8) is 0 Å². The van der Waals surface area contributed by atoms with E-state index >= 15 is 0 Å². The van der Waals surface area contributed by atoms with E-state index in [-0.39, 0.29) is 22.2 Å². The molecular formula is C20H21ClN4O4S. The minimum absolute atomic E-state index is 0.233. The Kier molecular flexibility index (Phi) is 6.33. The molecule has 3 aromatic rings. The predicted octanol–water partition coefficient (Wildman–Crippen LogP) is 3.53. The van der Waals surface area contributed by atoms with Gasteiger partial charge in [0, 0.05) is 11.8 Å². The molecular weight excluding hydrogens is 428 g/mol. The lowest BCUT2D eigenvalue weighted by molar-refractivity contribution is 0.102. The van der Waals surface area contributed by atoms with Crippen LogP contribution in [0.15, 0.2) is 48.5 Å². The maximum Gasteiger partial charge on any atom is 0.260 e. The van der Waals surface area contributed by atoms with E-state index in [2.05, 4.69) is 15.1 Å². The molecule has 10 heteroatoms. The normalized spacial score (nSPS) is 11.2. The molecule has 0 atom stereocenters. The van der Waals surface area contributed by atoms with Crippen LogP contribution in [0.2, 0.25) is 5.15 Å². The maximum atomic E-state index is 12.8. The van der Waals surface area contributed by atoms with Crippen molar-refractivity contribution in [3.8, 4) is 5.75 Å². The molecule has 1 heterocycles. The van der Waals surface area contributed by atoms with E-state index in [1.165, 1.54) is 19.2 Å².